The second-order valence-electron chi connectivity index (χ2n) is 11.3. The van der Waals surface area contributed by atoms with E-state index in [9.17, 15) is 9.59 Å². The van der Waals surface area contributed by atoms with Crippen LogP contribution in [-0.4, -0.2) is 36.5 Å². The Morgan fingerprint density at radius 3 is 2.32 bits per heavy atom. The molecule has 216 valence electrons. The Hall–Kier alpha value is -3.51. The van der Waals surface area contributed by atoms with Crippen molar-refractivity contribution in [1.82, 2.24) is 4.90 Å². The first-order chi connectivity index (χ1) is 19.7. The van der Waals surface area contributed by atoms with Crippen LogP contribution in [0, 0.1) is 5.92 Å². The molecule has 1 fully saturated rings. The number of carbonyl (C=O) groups is 2. The van der Waals surface area contributed by atoms with Crippen LogP contribution in [0.2, 0.25) is 5.02 Å². The molecular weight excluding hydrogens is 536 g/mol. The zero-order valence-electron chi connectivity index (χ0n) is 24.5. The third-order valence-corrected chi connectivity index (χ3v) is 8.61. The average molecular weight is 575 g/mol. The summed E-state index contributed by atoms with van der Waals surface area (Å²) < 4.78 is 11.9. The SMILES string of the molecule is CC[C@@H](C)Oc1cc2c(cc1OC)CC(=O)N(c1ccc(C(C)N(CC3CC3)C(C)=O)cc1)C2c1ccc(Cl)cc1. The van der Waals surface area contributed by atoms with E-state index in [1.807, 2.05) is 77.4 Å². The van der Waals surface area contributed by atoms with Crippen LogP contribution in [0.5, 0.6) is 11.5 Å². The third-order valence-electron chi connectivity index (χ3n) is 8.35. The first-order valence-corrected chi connectivity index (χ1v) is 14.9. The molecular formula is C34H39ClN2O4. The topological polar surface area (TPSA) is 59.1 Å². The van der Waals surface area contributed by atoms with Crippen LogP contribution in [0.15, 0.2) is 60.7 Å². The lowest BCUT2D eigenvalue weighted by atomic mass is 9.86. The highest BCUT2D eigenvalue weighted by molar-refractivity contribution is 6.30. The minimum Gasteiger partial charge on any atom is -0.493 e. The number of nitrogens with zero attached hydrogens (tertiary/aromatic N) is 2. The Labute approximate surface area is 248 Å². The first-order valence-electron chi connectivity index (χ1n) is 14.5. The summed E-state index contributed by atoms with van der Waals surface area (Å²) in [4.78, 5) is 30.1. The van der Waals surface area contributed by atoms with E-state index in [0.29, 0.717) is 22.4 Å². The van der Waals surface area contributed by atoms with Crippen molar-refractivity contribution in [2.75, 3.05) is 18.6 Å². The van der Waals surface area contributed by atoms with Crippen LogP contribution in [0.3, 0.4) is 0 Å². The summed E-state index contributed by atoms with van der Waals surface area (Å²) in [7, 11) is 1.62. The van der Waals surface area contributed by atoms with Gasteiger partial charge in [-0.1, -0.05) is 42.8 Å². The van der Waals surface area contributed by atoms with Gasteiger partial charge in [0.2, 0.25) is 11.8 Å². The summed E-state index contributed by atoms with van der Waals surface area (Å²) in [6.45, 7) is 8.62. The molecule has 1 aliphatic heterocycles. The molecule has 7 heteroatoms. The Balaban J connectivity index is 1.55. The summed E-state index contributed by atoms with van der Waals surface area (Å²) >= 11 is 6.26. The molecule has 2 amide bonds. The van der Waals surface area contributed by atoms with E-state index in [4.69, 9.17) is 21.1 Å². The number of fused-ring (bicyclic) bond motifs is 1. The Morgan fingerprint density at radius 2 is 1.73 bits per heavy atom. The molecule has 1 heterocycles. The van der Waals surface area contributed by atoms with Crippen LogP contribution in [-0.2, 0) is 16.0 Å². The molecule has 0 aromatic heterocycles. The normalized spacial score (nSPS) is 18.0. The van der Waals surface area contributed by atoms with Gasteiger partial charge < -0.3 is 19.3 Å². The number of ether oxygens (including phenoxy) is 2. The summed E-state index contributed by atoms with van der Waals surface area (Å²) in [6, 6.07) is 19.3. The number of rotatable bonds is 10. The van der Waals surface area contributed by atoms with E-state index in [2.05, 4.69) is 13.8 Å². The van der Waals surface area contributed by atoms with E-state index < -0.39 is 0 Å². The second kappa shape index (κ2) is 12.2. The largest absolute Gasteiger partial charge is 0.493 e. The molecule has 3 aromatic rings. The molecule has 3 aromatic carbocycles. The van der Waals surface area contributed by atoms with Gasteiger partial charge in [-0.3, -0.25) is 9.59 Å². The maximum Gasteiger partial charge on any atom is 0.232 e. The van der Waals surface area contributed by atoms with Gasteiger partial charge in [-0.25, -0.2) is 0 Å². The first kappa shape index (κ1) is 29.0. The number of carbonyl (C=O) groups excluding carboxylic acids is 2. The number of benzene rings is 3. The Kier molecular flexibility index (Phi) is 8.60. The van der Waals surface area contributed by atoms with Gasteiger partial charge in [0, 0.05) is 24.2 Å². The van der Waals surface area contributed by atoms with Crippen molar-refractivity contribution in [1.29, 1.82) is 0 Å². The average Bonchev–Trinajstić information content (AvgIpc) is 3.79. The predicted molar refractivity (Wildman–Crippen MR) is 163 cm³/mol. The van der Waals surface area contributed by atoms with Gasteiger partial charge in [0.1, 0.15) is 0 Å². The maximum atomic E-state index is 13.8. The van der Waals surface area contributed by atoms with Crippen molar-refractivity contribution >= 4 is 29.1 Å². The van der Waals surface area contributed by atoms with Gasteiger partial charge in [0.05, 0.1) is 31.7 Å². The fourth-order valence-electron chi connectivity index (χ4n) is 5.61. The van der Waals surface area contributed by atoms with Crippen LogP contribution in [0.25, 0.3) is 0 Å². The van der Waals surface area contributed by atoms with Crippen molar-refractivity contribution in [3.05, 3.63) is 87.9 Å². The van der Waals surface area contributed by atoms with E-state index in [1.165, 1.54) is 12.8 Å². The van der Waals surface area contributed by atoms with Crippen molar-refractivity contribution in [3.8, 4) is 11.5 Å². The smallest absolute Gasteiger partial charge is 0.232 e. The number of amides is 2. The monoisotopic (exact) mass is 574 g/mol. The molecule has 5 rings (SSSR count). The fourth-order valence-corrected chi connectivity index (χ4v) is 5.73. The predicted octanol–water partition coefficient (Wildman–Crippen LogP) is 7.52. The molecule has 0 radical (unpaired) electrons. The van der Waals surface area contributed by atoms with Crippen molar-refractivity contribution in [2.24, 2.45) is 5.92 Å². The molecule has 1 aliphatic carbocycles. The molecule has 2 aliphatic rings. The zero-order chi connectivity index (χ0) is 29.3. The van der Waals surface area contributed by atoms with Crippen LogP contribution < -0.4 is 14.4 Å². The van der Waals surface area contributed by atoms with Crippen LogP contribution >= 0.6 is 11.6 Å². The zero-order valence-corrected chi connectivity index (χ0v) is 25.3. The molecule has 0 spiro atoms. The minimum absolute atomic E-state index is 0.00464. The highest BCUT2D eigenvalue weighted by Gasteiger charge is 2.36. The standard InChI is InChI=1S/C34H39ClN2O4/c1-6-21(2)41-32-19-30-27(17-31(32)40-5)18-33(39)37(34(30)26-9-13-28(35)14-10-26)29-15-11-25(12-16-29)22(3)36(23(4)38)20-24-7-8-24/h9-17,19,21-22,24,34H,6-8,18,20H2,1-5H3/t21-,22?,34?/m1/s1. The van der Waals surface area contributed by atoms with Crippen molar-refractivity contribution in [3.63, 3.8) is 0 Å². The maximum absolute atomic E-state index is 13.8. The summed E-state index contributed by atoms with van der Waals surface area (Å²) in [5.41, 5.74) is 4.71. The third kappa shape index (κ3) is 6.23. The highest BCUT2D eigenvalue weighted by Crippen LogP contribution is 2.44. The number of halogens is 1. The number of methoxy groups -OCH3 is 1. The lowest BCUT2D eigenvalue weighted by Gasteiger charge is -2.38. The van der Waals surface area contributed by atoms with Gasteiger partial charge in [-0.15, -0.1) is 0 Å². The second-order valence-corrected chi connectivity index (χ2v) is 11.8. The lowest BCUT2D eigenvalue weighted by Crippen LogP contribution is -2.41. The van der Waals surface area contributed by atoms with E-state index >= 15 is 0 Å². The minimum atomic E-state index is -0.374. The van der Waals surface area contributed by atoms with Crippen LogP contribution in [0.1, 0.15) is 81.3 Å². The van der Waals surface area contributed by atoms with Gasteiger partial charge in [0.15, 0.2) is 11.5 Å². The molecule has 3 atom stereocenters. The number of hydrogen-bond acceptors (Lipinski definition) is 4. The molecule has 6 nitrogen and oxygen atoms in total. The Bertz CT molecular complexity index is 1400. The molecule has 0 N–H and O–H groups in total. The lowest BCUT2D eigenvalue weighted by molar-refractivity contribution is -0.131. The van der Waals surface area contributed by atoms with Gasteiger partial charge >= 0.3 is 0 Å². The summed E-state index contributed by atoms with van der Waals surface area (Å²) in [6.07, 6.45) is 3.50. The Morgan fingerprint density at radius 1 is 1.05 bits per heavy atom. The van der Waals surface area contributed by atoms with Crippen molar-refractivity contribution < 1.29 is 19.1 Å². The molecule has 2 unspecified atom stereocenters. The highest BCUT2D eigenvalue weighted by atomic mass is 35.5. The number of hydrogen-bond donors (Lipinski definition) is 0. The van der Waals surface area contributed by atoms with Gasteiger partial charge in [-0.2, -0.15) is 0 Å². The van der Waals surface area contributed by atoms with Crippen LogP contribution in [0.4, 0.5) is 5.69 Å². The molecule has 0 bridgehead atoms. The summed E-state index contributed by atoms with van der Waals surface area (Å²) in [5, 5.41) is 0.637. The van der Waals surface area contributed by atoms with Crippen molar-refractivity contribution in [2.45, 2.75) is 71.6 Å². The molecule has 1 saturated carbocycles. The summed E-state index contributed by atoms with van der Waals surface area (Å²) in [5.74, 6) is 1.98. The van der Waals surface area contributed by atoms with Gasteiger partial charge in [0.25, 0.3) is 0 Å². The van der Waals surface area contributed by atoms with E-state index in [1.54, 1.807) is 14.0 Å². The van der Waals surface area contributed by atoms with E-state index in [0.717, 1.165) is 40.9 Å². The van der Waals surface area contributed by atoms with Gasteiger partial charge in [-0.05, 0) is 97.7 Å². The number of anilines is 1. The molecule has 41 heavy (non-hydrogen) atoms. The fraction of sp³-hybridized carbons (Fsp3) is 0.412. The molecule has 0 saturated heterocycles. The van der Waals surface area contributed by atoms with E-state index in [-0.39, 0.29) is 36.4 Å². The quantitative estimate of drug-likeness (QED) is 0.251.